The van der Waals surface area contributed by atoms with Crippen LogP contribution in [0.25, 0.3) is 0 Å². The van der Waals surface area contributed by atoms with E-state index in [9.17, 15) is 13.2 Å². The highest BCUT2D eigenvalue weighted by atomic mass is 32.2. The summed E-state index contributed by atoms with van der Waals surface area (Å²) >= 11 is 0. The topological polar surface area (TPSA) is 70.0 Å². The van der Waals surface area contributed by atoms with E-state index in [1.54, 1.807) is 18.2 Å². The molecule has 0 spiro atoms. The molecule has 1 atom stereocenters. The van der Waals surface area contributed by atoms with E-state index in [1.807, 2.05) is 34.1 Å². The van der Waals surface area contributed by atoms with Gasteiger partial charge >= 0.3 is 0 Å². The van der Waals surface area contributed by atoms with Gasteiger partial charge in [0.05, 0.1) is 5.92 Å². The number of nitrogens with zero attached hydrogens (tertiary/aromatic N) is 3. The summed E-state index contributed by atoms with van der Waals surface area (Å²) in [6.07, 6.45) is 2.54. The number of piperidine rings is 1. The van der Waals surface area contributed by atoms with Crippen molar-refractivity contribution in [1.29, 1.82) is 0 Å². The first-order valence-electron chi connectivity index (χ1n) is 9.63. The maximum atomic E-state index is 13.2. The summed E-state index contributed by atoms with van der Waals surface area (Å²) in [5, 5.41) is 0. The van der Waals surface area contributed by atoms with Crippen molar-refractivity contribution in [3.05, 3.63) is 59.7 Å². The van der Waals surface area contributed by atoms with E-state index < -0.39 is 10.0 Å². The Hall–Kier alpha value is -2.67. The van der Waals surface area contributed by atoms with E-state index in [-0.39, 0.29) is 16.7 Å². The van der Waals surface area contributed by atoms with Gasteiger partial charge in [0.25, 0.3) is 10.0 Å². The number of sulfonamides is 1. The van der Waals surface area contributed by atoms with Crippen LogP contribution < -0.4 is 4.90 Å². The minimum absolute atomic E-state index is 0.129. The van der Waals surface area contributed by atoms with Crippen molar-refractivity contribution >= 4 is 27.5 Å². The SMILES string of the molecule is O=C([C@H]1CCCN(C2=NS(=O)(=O)c3ccccc32)C1)N1CCc2ccccc21. The Kier molecular flexibility index (Phi) is 4.01. The molecule has 0 bridgehead atoms. The van der Waals surface area contributed by atoms with Crippen LogP contribution in [0.1, 0.15) is 24.0 Å². The Labute approximate surface area is 164 Å². The van der Waals surface area contributed by atoms with Gasteiger partial charge in [-0.25, -0.2) is 0 Å². The number of anilines is 1. The molecule has 0 aromatic heterocycles. The molecule has 0 radical (unpaired) electrons. The van der Waals surface area contributed by atoms with Gasteiger partial charge in [-0.1, -0.05) is 30.3 Å². The van der Waals surface area contributed by atoms with Gasteiger partial charge < -0.3 is 9.80 Å². The number of hydrogen-bond donors (Lipinski definition) is 0. The molecule has 2 aromatic carbocycles. The number of fused-ring (bicyclic) bond motifs is 2. The third-order valence-electron chi connectivity index (χ3n) is 5.84. The van der Waals surface area contributed by atoms with E-state index in [2.05, 4.69) is 10.5 Å². The van der Waals surface area contributed by atoms with Gasteiger partial charge in [0.1, 0.15) is 4.90 Å². The van der Waals surface area contributed by atoms with Crippen LogP contribution in [-0.4, -0.2) is 44.7 Å². The Morgan fingerprint density at radius 1 is 1.04 bits per heavy atom. The molecule has 144 valence electrons. The Morgan fingerprint density at radius 3 is 2.71 bits per heavy atom. The second-order valence-corrected chi connectivity index (χ2v) is 9.11. The van der Waals surface area contributed by atoms with E-state index in [4.69, 9.17) is 0 Å². The summed E-state index contributed by atoms with van der Waals surface area (Å²) in [4.78, 5) is 17.4. The predicted molar refractivity (Wildman–Crippen MR) is 107 cm³/mol. The Balaban J connectivity index is 1.40. The van der Waals surface area contributed by atoms with Crippen LogP contribution in [0.2, 0.25) is 0 Å². The molecule has 6 nitrogen and oxygen atoms in total. The molecule has 3 heterocycles. The lowest BCUT2D eigenvalue weighted by molar-refractivity contribution is -0.123. The van der Waals surface area contributed by atoms with Crippen LogP contribution in [-0.2, 0) is 21.2 Å². The molecule has 3 aliphatic rings. The average molecular weight is 395 g/mol. The molecule has 0 unspecified atom stereocenters. The van der Waals surface area contributed by atoms with Crippen LogP contribution in [0, 0.1) is 5.92 Å². The number of carbonyl (C=O) groups excluding carboxylic acids is 1. The molecule has 3 aliphatic heterocycles. The number of para-hydroxylation sites is 1. The second kappa shape index (κ2) is 6.44. The zero-order valence-electron chi connectivity index (χ0n) is 15.4. The summed E-state index contributed by atoms with van der Waals surface area (Å²) in [6.45, 7) is 1.93. The van der Waals surface area contributed by atoms with Gasteiger partial charge in [0, 0.05) is 30.9 Å². The largest absolute Gasteiger partial charge is 0.355 e. The summed E-state index contributed by atoms with van der Waals surface area (Å²) in [5.41, 5.74) is 2.86. The molecule has 5 rings (SSSR count). The van der Waals surface area contributed by atoms with Gasteiger partial charge in [0.15, 0.2) is 5.84 Å². The first kappa shape index (κ1) is 17.4. The standard InChI is InChI=1S/C21H21N3O3S/c25-21(24-13-11-15-6-1-3-9-18(15)24)16-7-5-12-23(14-16)20-17-8-2-4-10-19(17)28(26,27)22-20/h1-4,6,8-10,16H,5,7,11-14H2/t16-/m0/s1. The van der Waals surface area contributed by atoms with Gasteiger partial charge in [0.2, 0.25) is 5.91 Å². The number of carbonyl (C=O) groups is 1. The molecule has 0 saturated carbocycles. The van der Waals surface area contributed by atoms with Crippen molar-refractivity contribution in [3.63, 3.8) is 0 Å². The smallest absolute Gasteiger partial charge is 0.285 e. The number of amides is 1. The van der Waals surface area contributed by atoms with E-state index in [1.165, 1.54) is 5.56 Å². The fraction of sp³-hybridized carbons (Fsp3) is 0.333. The lowest BCUT2D eigenvalue weighted by Crippen LogP contribution is -2.46. The van der Waals surface area contributed by atoms with Gasteiger partial charge in [-0.2, -0.15) is 8.42 Å². The molecule has 28 heavy (non-hydrogen) atoms. The molecular weight excluding hydrogens is 374 g/mol. The Morgan fingerprint density at radius 2 is 1.82 bits per heavy atom. The van der Waals surface area contributed by atoms with Crippen molar-refractivity contribution in [2.45, 2.75) is 24.2 Å². The minimum Gasteiger partial charge on any atom is -0.355 e. The van der Waals surface area contributed by atoms with E-state index in [0.717, 1.165) is 24.9 Å². The highest BCUT2D eigenvalue weighted by Gasteiger charge is 2.37. The molecule has 1 amide bonds. The third kappa shape index (κ3) is 2.73. The summed E-state index contributed by atoms with van der Waals surface area (Å²) in [5.74, 6) is 0.456. The summed E-state index contributed by atoms with van der Waals surface area (Å²) < 4.78 is 28.8. The molecule has 1 fully saturated rings. The molecule has 7 heteroatoms. The van der Waals surface area contributed by atoms with Crippen molar-refractivity contribution in [3.8, 4) is 0 Å². The third-order valence-corrected chi connectivity index (χ3v) is 7.16. The average Bonchev–Trinajstić information content (AvgIpc) is 3.27. The quantitative estimate of drug-likeness (QED) is 0.744. The predicted octanol–water partition coefficient (Wildman–Crippen LogP) is 2.44. The van der Waals surface area contributed by atoms with Crippen LogP contribution in [0.5, 0.6) is 0 Å². The van der Waals surface area contributed by atoms with E-state index in [0.29, 0.717) is 31.0 Å². The number of hydrogen-bond acceptors (Lipinski definition) is 4. The lowest BCUT2D eigenvalue weighted by Gasteiger charge is -2.35. The van der Waals surface area contributed by atoms with E-state index >= 15 is 0 Å². The molecular formula is C21H21N3O3S. The number of benzene rings is 2. The Bertz CT molecular complexity index is 1090. The molecule has 1 saturated heterocycles. The zero-order chi connectivity index (χ0) is 19.3. The van der Waals surface area contributed by atoms with Crippen LogP contribution in [0.3, 0.4) is 0 Å². The number of rotatable bonds is 1. The lowest BCUT2D eigenvalue weighted by atomic mass is 9.95. The maximum absolute atomic E-state index is 13.2. The van der Waals surface area contributed by atoms with Crippen molar-refractivity contribution < 1.29 is 13.2 Å². The van der Waals surface area contributed by atoms with Gasteiger partial charge in [-0.05, 0) is 43.0 Å². The number of amidine groups is 1. The van der Waals surface area contributed by atoms with Crippen LogP contribution >= 0.6 is 0 Å². The van der Waals surface area contributed by atoms with Crippen molar-refractivity contribution in [1.82, 2.24) is 4.90 Å². The normalized spacial score (nSPS) is 22.6. The van der Waals surface area contributed by atoms with Crippen LogP contribution in [0.4, 0.5) is 5.69 Å². The second-order valence-electron chi connectivity index (χ2n) is 7.54. The highest BCUT2D eigenvalue weighted by Crippen LogP contribution is 2.33. The molecule has 0 N–H and O–H groups in total. The van der Waals surface area contributed by atoms with Gasteiger partial charge in [-0.3, -0.25) is 4.79 Å². The zero-order valence-corrected chi connectivity index (χ0v) is 16.2. The fourth-order valence-corrected chi connectivity index (χ4v) is 5.70. The fourth-order valence-electron chi connectivity index (χ4n) is 4.48. The molecule has 2 aromatic rings. The van der Waals surface area contributed by atoms with Crippen molar-refractivity contribution in [2.24, 2.45) is 10.3 Å². The highest BCUT2D eigenvalue weighted by molar-refractivity contribution is 7.90. The van der Waals surface area contributed by atoms with Gasteiger partial charge in [-0.15, -0.1) is 4.40 Å². The first-order chi connectivity index (χ1) is 13.5. The first-order valence-corrected chi connectivity index (χ1v) is 11.1. The molecule has 0 aliphatic carbocycles. The summed E-state index contributed by atoms with van der Waals surface area (Å²) in [7, 11) is -3.65. The number of likely N-dealkylation sites (tertiary alicyclic amines) is 1. The van der Waals surface area contributed by atoms with Crippen molar-refractivity contribution in [2.75, 3.05) is 24.5 Å². The minimum atomic E-state index is -3.65. The maximum Gasteiger partial charge on any atom is 0.285 e. The van der Waals surface area contributed by atoms with Crippen LogP contribution in [0.15, 0.2) is 57.8 Å². The summed E-state index contributed by atoms with van der Waals surface area (Å²) in [6, 6.07) is 15.0. The monoisotopic (exact) mass is 395 g/mol.